The predicted molar refractivity (Wildman–Crippen MR) is 67.2 cm³/mol. The lowest BCUT2D eigenvalue weighted by Gasteiger charge is -2.11. The highest BCUT2D eigenvalue weighted by atomic mass is 32.1. The summed E-state index contributed by atoms with van der Waals surface area (Å²) in [5.41, 5.74) is 2.68. The predicted octanol–water partition coefficient (Wildman–Crippen LogP) is 3.53. The monoisotopic (exact) mass is 234 g/mol. The number of nitrogens with one attached hydrogen (secondary N) is 1. The number of hydrogen-bond donors (Lipinski definition) is 1. The second-order valence-electron chi connectivity index (χ2n) is 5.35. The Balaban J connectivity index is 1.97. The molecule has 0 amide bonds. The topological polar surface area (TPSA) is 28.7 Å². The standard InChI is InChI=1S/C13H18N2S/c1-8-5-6-9(7-8)12-14-11-4-2-3-10(11)13(16)15-12/h8-9H,2-7H2,1H3,(H,14,15,16). The highest BCUT2D eigenvalue weighted by molar-refractivity contribution is 7.71. The van der Waals surface area contributed by atoms with Gasteiger partial charge >= 0.3 is 0 Å². The lowest BCUT2D eigenvalue weighted by atomic mass is 10.1. The summed E-state index contributed by atoms with van der Waals surface area (Å²) in [5, 5.41) is 0. The first-order valence-electron chi connectivity index (χ1n) is 6.36. The van der Waals surface area contributed by atoms with Crippen LogP contribution in [0.5, 0.6) is 0 Å². The molecule has 1 saturated carbocycles. The van der Waals surface area contributed by atoms with E-state index in [1.54, 1.807) is 0 Å². The molecule has 0 aliphatic heterocycles. The van der Waals surface area contributed by atoms with Crippen LogP contribution in [0.15, 0.2) is 0 Å². The van der Waals surface area contributed by atoms with E-state index in [0.29, 0.717) is 5.92 Å². The molecule has 2 unspecified atom stereocenters. The van der Waals surface area contributed by atoms with Crippen LogP contribution in [0.4, 0.5) is 0 Å². The molecule has 0 spiro atoms. The Labute approximate surface area is 102 Å². The van der Waals surface area contributed by atoms with Gasteiger partial charge in [0.05, 0.1) is 0 Å². The van der Waals surface area contributed by atoms with E-state index in [2.05, 4.69) is 16.9 Å². The molecule has 1 N–H and O–H groups in total. The Morgan fingerprint density at radius 1 is 1.31 bits per heavy atom. The first kappa shape index (κ1) is 10.5. The molecule has 1 aromatic rings. The van der Waals surface area contributed by atoms with Crippen molar-refractivity contribution >= 4 is 12.2 Å². The third-order valence-electron chi connectivity index (χ3n) is 4.06. The molecule has 1 aromatic heterocycles. The number of rotatable bonds is 1. The minimum atomic E-state index is 0.627. The molecule has 1 heterocycles. The molecule has 0 bridgehead atoms. The first-order chi connectivity index (χ1) is 7.74. The fraction of sp³-hybridized carbons (Fsp3) is 0.692. The zero-order valence-electron chi connectivity index (χ0n) is 9.75. The molecule has 2 nitrogen and oxygen atoms in total. The summed E-state index contributed by atoms with van der Waals surface area (Å²) in [7, 11) is 0. The lowest BCUT2D eigenvalue weighted by Crippen LogP contribution is -2.05. The summed E-state index contributed by atoms with van der Waals surface area (Å²) < 4.78 is 0.862. The average Bonchev–Trinajstić information content (AvgIpc) is 2.85. The molecule has 86 valence electrons. The molecule has 0 saturated heterocycles. The smallest absolute Gasteiger partial charge is 0.133 e. The van der Waals surface area contributed by atoms with Crippen LogP contribution in [0.25, 0.3) is 0 Å². The molecule has 3 rings (SSSR count). The van der Waals surface area contributed by atoms with Crippen LogP contribution in [-0.2, 0) is 12.8 Å². The normalized spacial score (nSPS) is 28.3. The van der Waals surface area contributed by atoms with Crippen LogP contribution in [0.1, 0.15) is 55.6 Å². The molecular formula is C13H18N2S. The van der Waals surface area contributed by atoms with Gasteiger partial charge in [0, 0.05) is 17.2 Å². The zero-order valence-corrected chi connectivity index (χ0v) is 10.6. The maximum Gasteiger partial charge on any atom is 0.133 e. The largest absolute Gasteiger partial charge is 0.347 e. The van der Waals surface area contributed by atoms with Crippen molar-refractivity contribution < 1.29 is 0 Å². The Hall–Kier alpha value is -0.700. The highest BCUT2D eigenvalue weighted by Gasteiger charge is 2.26. The van der Waals surface area contributed by atoms with Crippen LogP contribution in [-0.4, -0.2) is 9.97 Å². The van der Waals surface area contributed by atoms with Gasteiger partial charge in [0.1, 0.15) is 10.5 Å². The minimum absolute atomic E-state index is 0.627. The summed E-state index contributed by atoms with van der Waals surface area (Å²) in [4.78, 5) is 8.17. The summed E-state index contributed by atoms with van der Waals surface area (Å²) in [6, 6.07) is 0. The van der Waals surface area contributed by atoms with Gasteiger partial charge in [-0.1, -0.05) is 19.1 Å². The molecule has 0 radical (unpaired) electrons. The fourth-order valence-corrected chi connectivity index (χ4v) is 3.45. The number of aromatic nitrogens is 2. The van der Waals surface area contributed by atoms with Crippen molar-refractivity contribution in [1.29, 1.82) is 0 Å². The van der Waals surface area contributed by atoms with Crippen LogP contribution >= 0.6 is 12.2 Å². The van der Waals surface area contributed by atoms with Crippen molar-refractivity contribution in [3.05, 3.63) is 21.7 Å². The van der Waals surface area contributed by atoms with E-state index in [4.69, 9.17) is 12.2 Å². The van der Waals surface area contributed by atoms with Gasteiger partial charge < -0.3 is 4.98 Å². The van der Waals surface area contributed by atoms with E-state index in [1.807, 2.05) is 0 Å². The maximum absolute atomic E-state index is 5.40. The van der Waals surface area contributed by atoms with Crippen molar-refractivity contribution in [2.45, 2.75) is 51.4 Å². The average molecular weight is 234 g/mol. The van der Waals surface area contributed by atoms with E-state index in [9.17, 15) is 0 Å². The van der Waals surface area contributed by atoms with E-state index >= 15 is 0 Å². The lowest BCUT2D eigenvalue weighted by molar-refractivity contribution is 0.583. The molecular weight excluding hydrogens is 216 g/mol. The number of fused-ring (bicyclic) bond motifs is 1. The van der Waals surface area contributed by atoms with Crippen LogP contribution < -0.4 is 0 Å². The second-order valence-corrected chi connectivity index (χ2v) is 5.74. The van der Waals surface area contributed by atoms with Crippen LogP contribution in [0.3, 0.4) is 0 Å². The van der Waals surface area contributed by atoms with Gasteiger partial charge in [-0.15, -0.1) is 0 Å². The van der Waals surface area contributed by atoms with E-state index in [-0.39, 0.29) is 0 Å². The van der Waals surface area contributed by atoms with Crippen molar-refractivity contribution in [3.8, 4) is 0 Å². The molecule has 0 aromatic carbocycles. The first-order valence-corrected chi connectivity index (χ1v) is 6.77. The Kier molecular flexibility index (Phi) is 2.58. The van der Waals surface area contributed by atoms with E-state index < -0.39 is 0 Å². The van der Waals surface area contributed by atoms with Gasteiger partial charge in [-0.25, -0.2) is 4.98 Å². The number of H-pyrrole nitrogens is 1. The number of nitrogens with zero attached hydrogens (tertiary/aromatic N) is 1. The minimum Gasteiger partial charge on any atom is -0.347 e. The zero-order chi connectivity index (χ0) is 11.1. The Morgan fingerprint density at radius 3 is 2.94 bits per heavy atom. The van der Waals surface area contributed by atoms with Crippen molar-refractivity contribution in [2.24, 2.45) is 5.92 Å². The number of aryl methyl sites for hydroxylation is 1. The van der Waals surface area contributed by atoms with Crippen molar-refractivity contribution in [3.63, 3.8) is 0 Å². The summed E-state index contributed by atoms with van der Waals surface area (Å²) >= 11 is 5.40. The van der Waals surface area contributed by atoms with Crippen LogP contribution in [0, 0.1) is 10.6 Å². The number of hydrogen-bond acceptors (Lipinski definition) is 2. The van der Waals surface area contributed by atoms with Gasteiger partial charge in [-0.05, 0) is 44.4 Å². The van der Waals surface area contributed by atoms with Gasteiger partial charge in [-0.3, -0.25) is 0 Å². The molecule has 1 fully saturated rings. The summed E-state index contributed by atoms with van der Waals surface area (Å²) in [6.45, 7) is 2.34. The van der Waals surface area contributed by atoms with E-state index in [0.717, 1.165) is 29.2 Å². The summed E-state index contributed by atoms with van der Waals surface area (Å²) in [6.07, 6.45) is 7.41. The Bertz CT molecular complexity index is 463. The fourth-order valence-electron chi connectivity index (χ4n) is 3.13. The van der Waals surface area contributed by atoms with Gasteiger partial charge in [0.2, 0.25) is 0 Å². The number of aromatic amines is 1. The third kappa shape index (κ3) is 1.71. The van der Waals surface area contributed by atoms with Gasteiger partial charge in [0.15, 0.2) is 0 Å². The van der Waals surface area contributed by atoms with E-state index in [1.165, 1.54) is 36.9 Å². The van der Waals surface area contributed by atoms with Gasteiger partial charge in [-0.2, -0.15) is 0 Å². The molecule has 2 aliphatic carbocycles. The molecule has 2 aliphatic rings. The Morgan fingerprint density at radius 2 is 2.19 bits per heavy atom. The maximum atomic E-state index is 5.40. The van der Waals surface area contributed by atoms with Gasteiger partial charge in [0.25, 0.3) is 0 Å². The molecule has 2 atom stereocenters. The SMILES string of the molecule is CC1CCC(c2nc(=S)c3c([nH]2)CCC3)C1. The van der Waals surface area contributed by atoms with Crippen molar-refractivity contribution in [2.75, 3.05) is 0 Å². The summed E-state index contributed by atoms with van der Waals surface area (Å²) in [5.74, 6) is 2.64. The second kappa shape index (κ2) is 3.95. The quantitative estimate of drug-likeness (QED) is 0.753. The van der Waals surface area contributed by atoms with Crippen LogP contribution in [0.2, 0.25) is 0 Å². The van der Waals surface area contributed by atoms with Crippen molar-refractivity contribution in [1.82, 2.24) is 9.97 Å². The highest BCUT2D eigenvalue weighted by Crippen LogP contribution is 2.37. The molecule has 16 heavy (non-hydrogen) atoms. The molecule has 3 heteroatoms. The third-order valence-corrected chi connectivity index (χ3v) is 4.40.